The number of carbonyl (C=O) groups excluding carboxylic acids is 1. The van der Waals surface area contributed by atoms with Crippen LogP contribution in [0.5, 0.6) is 0 Å². The summed E-state index contributed by atoms with van der Waals surface area (Å²) in [6.45, 7) is 4.69. The maximum atomic E-state index is 12.4. The summed E-state index contributed by atoms with van der Waals surface area (Å²) in [4.78, 5) is 14.9. The number of hydrogen-bond donors (Lipinski definition) is 1. The lowest BCUT2D eigenvalue weighted by Crippen LogP contribution is -2.23. The van der Waals surface area contributed by atoms with Gasteiger partial charge in [-0.3, -0.25) is 14.4 Å². The monoisotopic (exact) mass is 374 g/mol. The molecule has 28 heavy (non-hydrogen) atoms. The van der Waals surface area contributed by atoms with Crippen molar-refractivity contribution in [1.82, 2.24) is 20.0 Å². The molecule has 1 aromatic heterocycles. The van der Waals surface area contributed by atoms with Crippen LogP contribution in [-0.2, 0) is 19.6 Å². The number of likely N-dealkylation sites (tertiary alicyclic amines) is 1. The summed E-state index contributed by atoms with van der Waals surface area (Å²) in [5.41, 5.74) is 4.25. The summed E-state index contributed by atoms with van der Waals surface area (Å²) in [5, 5.41) is 7.21. The van der Waals surface area contributed by atoms with Crippen LogP contribution in [0.4, 0.5) is 0 Å². The van der Waals surface area contributed by atoms with Gasteiger partial charge in [0.1, 0.15) is 0 Å². The highest BCUT2D eigenvalue weighted by Crippen LogP contribution is 2.13. The van der Waals surface area contributed by atoms with Gasteiger partial charge in [-0.15, -0.1) is 0 Å². The predicted octanol–water partition coefficient (Wildman–Crippen LogP) is 3.46. The zero-order valence-corrected chi connectivity index (χ0v) is 16.1. The van der Waals surface area contributed by atoms with Crippen LogP contribution in [0.2, 0.25) is 0 Å². The summed E-state index contributed by atoms with van der Waals surface area (Å²) in [5.74, 6) is -0.0493. The first-order valence-electron chi connectivity index (χ1n) is 9.91. The Morgan fingerprint density at radius 2 is 1.54 bits per heavy atom. The molecule has 0 radical (unpaired) electrons. The van der Waals surface area contributed by atoms with Crippen LogP contribution in [0.1, 0.15) is 39.9 Å². The van der Waals surface area contributed by atoms with Crippen LogP contribution < -0.4 is 5.32 Å². The molecule has 144 valence electrons. The van der Waals surface area contributed by atoms with Crippen LogP contribution in [0.15, 0.2) is 67.0 Å². The van der Waals surface area contributed by atoms with Gasteiger partial charge in [-0.1, -0.05) is 36.4 Å². The second-order valence-electron chi connectivity index (χ2n) is 7.38. The van der Waals surface area contributed by atoms with Gasteiger partial charge in [0.25, 0.3) is 5.91 Å². The van der Waals surface area contributed by atoms with E-state index in [2.05, 4.69) is 39.6 Å². The first-order valence-corrected chi connectivity index (χ1v) is 9.91. The first-order chi connectivity index (χ1) is 13.8. The van der Waals surface area contributed by atoms with Crippen molar-refractivity contribution in [2.75, 3.05) is 13.1 Å². The maximum Gasteiger partial charge on any atom is 0.251 e. The van der Waals surface area contributed by atoms with Crippen molar-refractivity contribution in [3.05, 3.63) is 89.2 Å². The van der Waals surface area contributed by atoms with Crippen molar-refractivity contribution in [2.24, 2.45) is 0 Å². The number of nitrogens with zero attached hydrogens (tertiary/aromatic N) is 3. The zero-order chi connectivity index (χ0) is 19.2. The van der Waals surface area contributed by atoms with E-state index in [0.717, 1.165) is 17.7 Å². The number of carbonyl (C=O) groups is 1. The molecule has 1 amide bonds. The predicted molar refractivity (Wildman–Crippen MR) is 110 cm³/mol. The van der Waals surface area contributed by atoms with E-state index in [1.807, 2.05) is 41.2 Å². The molecule has 0 atom stereocenters. The van der Waals surface area contributed by atoms with E-state index in [0.29, 0.717) is 18.7 Å². The Balaban J connectivity index is 1.27. The highest BCUT2D eigenvalue weighted by Gasteiger charge is 2.11. The van der Waals surface area contributed by atoms with Crippen molar-refractivity contribution >= 4 is 5.91 Å². The number of hydrogen-bond acceptors (Lipinski definition) is 3. The summed E-state index contributed by atoms with van der Waals surface area (Å²) in [6.07, 6.45) is 6.32. The van der Waals surface area contributed by atoms with Crippen LogP contribution in [-0.4, -0.2) is 33.7 Å². The molecule has 0 spiro atoms. The summed E-state index contributed by atoms with van der Waals surface area (Å²) in [7, 11) is 0. The minimum absolute atomic E-state index is 0.0493. The van der Waals surface area contributed by atoms with Gasteiger partial charge in [0.05, 0.1) is 6.54 Å². The van der Waals surface area contributed by atoms with E-state index in [1.165, 1.54) is 31.5 Å². The lowest BCUT2D eigenvalue weighted by Gasteiger charge is -2.14. The summed E-state index contributed by atoms with van der Waals surface area (Å²) >= 11 is 0. The Morgan fingerprint density at radius 1 is 0.893 bits per heavy atom. The standard InChI is InChI=1S/C23H26N4O/c28-23(22-10-8-21(9-11-22)18-27-15-3-12-25-27)24-16-19-4-6-20(7-5-19)17-26-13-1-2-14-26/h3-12,15H,1-2,13-14,16-18H2,(H,24,28). The minimum Gasteiger partial charge on any atom is -0.348 e. The fourth-order valence-electron chi connectivity index (χ4n) is 3.59. The van der Waals surface area contributed by atoms with E-state index in [9.17, 15) is 4.79 Å². The summed E-state index contributed by atoms with van der Waals surface area (Å²) in [6, 6.07) is 18.2. The fourth-order valence-corrected chi connectivity index (χ4v) is 3.59. The van der Waals surface area contributed by atoms with Gasteiger partial charge in [0.15, 0.2) is 0 Å². The Morgan fingerprint density at radius 3 is 2.21 bits per heavy atom. The van der Waals surface area contributed by atoms with E-state index in [-0.39, 0.29) is 5.91 Å². The van der Waals surface area contributed by atoms with Crippen molar-refractivity contribution in [1.29, 1.82) is 0 Å². The molecule has 0 aliphatic carbocycles. The largest absolute Gasteiger partial charge is 0.348 e. The quantitative estimate of drug-likeness (QED) is 0.689. The molecular weight excluding hydrogens is 348 g/mol. The molecule has 4 rings (SSSR count). The number of rotatable bonds is 7. The SMILES string of the molecule is O=C(NCc1ccc(CN2CCCC2)cc1)c1ccc(Cn2cccn2)cc1. The van der Waals surface area contributed by atoms with Crippen molar-refractivity contribution in [3.8, 4) is 0 Å². The van der Waals surface area contributed by atoms with E-state index >= 15 is 0 Å². The van der Waals surface area contributed by atoms with E-state index in [1.54, 1.807) is 6.20 Å². The highest BCUT2D eigenvalue weighted by molar-refractivity contribution is 5.94. The topological polar surface area (TPSA) is 50.2 Å². The maximum absolute atomic E-state index is 12.4. The zero-order valence-electron chi connectivity index (χ0n) is 16.1. The van der Waals surface area contributed by atoms with Crippen molar-refractivity contribution in [3.63, 3.8) is 0 Å². The second-order valence-corrected chi connectivity index (χ2v) is 7.38. The molecule has 0 saturated carbocycles. The molecule has 1 N–H and O–H groups in total. The molecule has 1 saturated heterocycles. The Bertz CT molecular complexity index is 879. The molecule has 1 aliphatic heterocycles. The Hall–Kier alpha value is -2.92. The Labute approximate surface area is 166 Å². The molecule has 2 aromatic carbocycles. The lowest BCUT2D eigenvalue weighted by atomic mass is 10.1. The number of aromatic nitrogens is 2. The molecule has 5 heteroatoms. The molecule has 1 aliphatic rings. The normalized spacial score (nSPS) is 14.3. The Kier molecular flexibility index (Phi) is 5.83. The molecule has 1 fully saturated rings. The molecule has 0 unspecified atom stereocenters. The second kappa shape index (κ2) is 8.85. The number of amides is 1. The van der Waals surface area contributed by atoms with Gasteiger partial charge in [0.2, 0.25) is 0 Å². The first kappa shape index (κ1) is 18.4. The smallest absolute Gasteiger partial charge is 0.251 e. The average Bonchev–Trinajstić information content (AvgIpc) is 3.42. The molecule has 5 nitrogen and oxygen atoms in total. The third-order valence-corrected chi connectivity index (χ3v) is 5.20. The van der Waals surface area contributed by atoms with Gasteiger partial charge in [0, 0.05) is 31.0 Å². The molecular formula is C23H26N4O. The van der Waals surface area contributed by atoms with Crippen molar-refractivity contribution in [2.45, 2.75) is 32.5 Å². The van der Waals surface area contributed by atoms with Gasteiger partial charge in [-0.25, -0.2) is 0 Å². The van der Waals surface area contributed by atoms with Crippen LogP contribution in [0.3, 0.4) is 0 Å². The van der Waals surface area contributed by atoms with E-state index < -0.39 is 0 Å². The van der Waals surface area contributed by atoms with Gasteiger partial charge in [-0.05, 0) is 60.8 Å². The number of benzene rings is 2. The lowest BCUT2D eigenvalue weighted by molar-refractivity contribution is 0.0951. The van der Waals surface area contributed by atoms with Gasteiger partial charge >= 0.3 is 0 Å². The molecule has 0 bridgehead atoms. The van der Waals surface area contributed by atoms with E-state index in [4.69, 9.17) is 0 Å². The summed E-state index contributed by atoms with van der Waals surface area (Å²) < 4.78 is 1.86. The molecule has 3 aromatic rings. The van der Waals surface area contributed by atoms with Crippen molar-refractivity contribution < 1.29 is 4.79 Å². The minimum atomic E-state index is -0.0493. The van der Waals surface area contributed by atoms with Gasteiger partial charge < -0.3 is 5.32 Å². The highest BCUT2D eigenvalue weighted by atomic mass is 16.1. The number of nitrogens with one attached hydrogen (secondary N) is 1. The van der Waals surface area contributed by atoms with Crippen LogP contribution in [0.25, 0.3) is 0 Å². The third-order valence-electron chi connectivity index (χ3n) is 5.20. The molecule has 2 heterocycles. The fraction of sp³-hybridized carbons (Fsp3) is 0.304. The average molecular weight is 374 g/mol. The van der Waals surface area contributed by atoms with Crippen LogP contribution >= 0.6 is 0 Å². The van der Waals surface area contributed by atoms with Crippen LogP contribution in [0, 0.1) is 0 Å². The third kappa shape index (κ3) is 4.87. The van der Waals surface area contributed by atoms with Gasteiger partial charge in [-0.2, -0.15) is 5.10 Å².